The molecule has 0 saturated heterocycles. The van der Waals surface area contributed by atoms with Gasteiger partial charge >= 0.3 is 0 Å². The summed E-state index contributed by atoms with van der Waals surface area (Å²) in [6, 6.07) is 17.7. The first kappa shape index (κ1) is 56.3. The van der Waals surface area contributed by atoms with Gasteiger partial charge in [0.1, 0.15) is 46.3 Å². The average molecular weight is 933 g/mol. The van der Waals surface area contributed by atoms with Crippen molar-refractivity contribution in [3.63, 3.8) is 0 Å². The number of carbonyl (C=O) groups is 8. The summed E-state index contributed by atoms with van der Waals surface area (Å²) < 4.78 is 0. The molecule has 67 heavy (non-hydrogen) atoms. The lowest BCUT2D eigenvalue weighted by molar-refractivity contribution is -0.525. The first-order valence-corrected chi connectivity index (χ1v) is 22.2. The number of hydrogen-bond donors (Lipinski definition) is 4. The highest BCUT2D eigenvalue weighted by molar-refractivity contribution is 6.07. The summed E-state index contributed by atoms with van der Waals surface area (Å²) in [7, 11) is 0. The Morgan fingerprint density at radius 3 is 1.31 bits per heavy atom. The molecule has 4 unspecified atom stereocenters. The van der Waals surface area contributed by atoms with Crippen LogP contribution < -0.4 is 22.3 Å². The fourth-order valence-electron chi connectivity index (χ4n) is 7.68. The summed E-state index contributed by atoms with van der Waals surface area (Å²) in [6.45, 7) is 7.03. The van der Waals surface area contributed by atoms with Crippen molar-refractivity contribution in [1.29, 1.82) is 0 Å². The molecule has 0 aromatic heterocycles. The molecule has 0 saturated carbocycles. The Hall–Kier alpha value is -6.86. The van der Waals surface area contributed by atoms with Gasteiger partial charge < -0.3 is 11.5 Å². The van der Waals surface area contributed by atoms with Gasteiger partial charge in [0.2, 0.25) is 0 Å². The van der Waals surface area contributed by atoms with E-state index in [1.807, 2.05) is 20.8 Å². The fourth-order valence-corrected chi connectivity index (χ4v) is 7.68. The molecular formula is C47H64N8O12. The van der Waals surface area contributed by atoms with E-state index in [-0.39, 0.29) is 69.2 Å². The molecule has 2 rings (SSSR count). The van der Waals surface area contributed by atoms with Gasteiger partial charge in [-0.25, -0.2) is 30.2 Å². The summed E-state index contributed by atoms with van der Waals surface area (Å²) in [6.07, 6.45) is -1.85. The second kappa shape index (κ2) is 28.9. The molecule has 2 aromatic carbocycles. The zero-order valence-corrected chi connectivity index (χ0v) is 38.7. The minimum atomic E-state index is -1.05. The van der Waals surface area contributed by atoms with Crippen LogP contribution in [0.15, 0.2) is 70.6 Å². The van der Waals surface area contributed by atoms with Gasteiger partial charge in [-0.05, 0) is 68.4 Å². The molecule has 0 heterocycles. The number of aliphatic imine (C=N–C) groups is 2. The van der Waals surface area contributed by atoms with Crippen LogP contribution in [-0.4, -0.2) is 81.3 Å². The largest absolute Gasteiger partial charge is 0.365 e. The van der Waals surface area contributed by atoms with Crippen LogP contribution in [0, 0.1) is 49.3 Å². The maximum absolute atomic E-state index is 13.9. The Balaban J connectivity index is 2.29. The van der Waals surface area contributed by atoms with Crippen LogP contribution in [0.4, 0.5) is 0 Å². The van der Waals surface area contributed by atoms with Gasteiger partial charge in [0.05, 0.1) is 25.7 Å². The van der Waals surface area contributed by atoms with E-state index < -0.39 is 118 Å². The van der Waals surface area contributed by atoms with Gasteiger partial charge in [0, 0.05) is 56.0 Å². The minimum Gasteiger partial charge on any atom is -0.365 e. The predicted octanol–water partition coefficient (Wildman–Crippen LogP) is 4.43. The molecule has 20 nitrogen and oxygen atoms in total. The van der Waals surface area contributed by atoms with E-state index in [0.717, 1.165) is 5.56 Å². The highest BCUT2D eigenvalue weighted by Gasteiger charge is 2.32. The number of nitrogens with two attached hydrogens (primary N) is 2. The summed E-state index contributed by atoms with van der Waals surface area (Å²) in [5.74, 6) is -8.53. The molecule has 0 radical (unpaired) electrons. The van der Waals surface area contributed by atoms with Gasteiger partial charge in [0.25, 0.3) is 11.9 Å². The zero-order valence-electron chi connectivity index (χ0n) is 38.7. The first-order valence-electron chi connectivity index (χ1n) is 22.2. The third kappa shape index (κ3) is 24.9. The van der Waals surface area contributed by atoms with Crippen molar-refractivity contribution in [3.05, 3.63) is 92.0 Å². The Morgan fingerprint density at radius 1 is 0.567 bits per heavy atom. The number of guanidine groups is 2. The molecule has 0 aliphatic heterocycles. The number of nitrogens with zero attached hydrogens (tertiary/aromatic N) is 4. The number of hydrogen-bond acceptors (Lipinski definition) is 14. The number of nitro groups is 2. The standard InChI is InChI=1S/C47H64N8O12/c1-31(56)21-38(57)25-36(22-32-13-7-5-8-14-32)43(62)29-44(63)37(23-33-15-9-6-10-16-33)26-40(59)27-39(58)24-34(17-11-19-50-45(48)52-54(64)65)41(60)28-42(61)35(30-47(2,3)4)18-12-20-51-46(49)53-55(66)67/h5-10,13-16,34-37H,11-12,17-30H2,1-4H3,(H3,48,50,52)(H3,49,51,53). The van der Waals surface area contributed by atoms with Crippen molar-refractivity contribution in [3.8, 4) is 0 Å². The molecule has 0 aliphatic carbocycles. The van der Waals surface area contributed by atoms with Gasteiger partial charge in [-0.2, -0.15) is 0 Å². The highest BCUT2D eigenvalue weighted by atomic mass is 16.7. The van der Waals surface area contributed by atoms with Crippen LogP contribution >= 0.6 is 0 Å². The maximum Gasteiger partial charge on any atom is 0.251 e. The molecule has 364 valence electrons. The Kier molecular flexibility index (Phi) is 24.3. The monoisotopic (exact) mass is 932 g/mol. The maximum atomic E-state index is 13.9. The van der Waals surface area contributed by atoms with Crippen molar-refractivity contribution in [1.82, 2.24) is 10.9 Å². The second-order valence-electron chi connectivity index (χ2n) is 18.0. The molecule has 0 aliphatic rings. The van der Waals surface area contributed by atoms with E-state index in [4.69, 9.17) is 11.5 Å². The smallest absolute Gasteiger partial charge is 0.251 e. The fraction of sp³-hybridized carbons (Fsp3) is 0.532. The van der Waals surface area contributed by atoms with Crippen molar-refractivity contribution >= 4 is 58.2 Å². The SMILES string of the molecule is CC(=O)CC(=O)CC(Cc1ccccc1)C(=O)CC(=O)C(CC(=O)CC(=O)CC(CCCN=C(N)N[N+](=O)[O-])C(=O)CC(=O)C(CCCN=C(N)N[N+](=O)[O-])CC(C)(C)C)Cc1ccccc1. The van der Waals surface area contributed by atoms with Crippen molar-refractivity contribution in [2.24, 2.45) is 50.5 Å². The van der Waals surface area contributed by atoms with Crippen LogP contribution in [0.2, 0.25) is 0 Å². The number of nitrogens with one attached hydrogen (secondary N) is 2. The summed E-state index contributed by atoms with van der Waals surface area (Å²) >= 11 is 0. The summed E-state index contributed by atoms with van der Waals surface area (Å²) in [4.78, 5) is 136. The lowest BCUT2D eigenvalue weighted by atomic mass is 9.78. The number of carbonyl (C=O) groups excluding carboxylic acids is 8. The molecule has 20 heteroatoms. The van der Waals surface area contributed by atoms with Crippen LogP contribution in [0.1, 0.15) is 116 Å². The normalized spacial score (nSPS) is 13.6. The van der Waals surface area contributed by atoms with Crippen molar-refractivity contribution in [2.45, 2.75) is 118 Å². The molecule has 0 fully saturated rings. The number of rotatable bonds is 33. The first-order chi connectivity index (χ1) is 31.5. The second-order valence-corrected chi connectivity index (χ2v) is 18.0. The zero-order chi connectivity index (χ0) is 50.1. The summed E-state index contributed by atoms with van der Waals surface area (Å²) in [5, 5.41) is 19.6. The van der Waals surface area contributed by atoms with E-state index in [2.05, 4.69) is 9.98 Å². The topological polar surface area (TPSA) is 324 Å². The lowest BCUT2D eigenvalue weighted by Crippen LogP contribution is -2.36. The van der Waals surface area contributed by atoms with Crippen molar-refractivity contribution < 1.29 is 48.4 Å². The number of Topliss-reactive ketones (excluding diaryl/α,β-unsaturated/α-hetero) is 8. The molecule has 6 N–H and O–H groups in total. The third-order valence-corrected chi connectivity index (χ3v) is 10.7. The quantitative estimate of drug-likeness (QED) is 0.0192. The third-order valence-electron chi connectivity index (χ3n) is 10.7. The lowest BCUT2D eigenvalue weighted by Gasteiger charge is -2.25. The van der Waals surface area contributed by atoms with Gasteiger partial charge in [-0.15, -0.1) is 0 Å². The number of hydrazine groups is 2. The minimum absolute atomic E-state index is 0.0129. The predicted molar refractivity (Wildman–Crippen MR) is 248 cm³/mol. The Morgan fingerprint density at radius 2 is 0.925 bits per heavy atom. The highest BCUT2D eigenvalue weighted by Crippen LogP contribution is 2.30. The molecule has 2 aromatic rings. The van der Waals surface area contributed by atoms with Crippen LogP contribution in [0.25, 0.3) is 0 Å². The molecular weight excluding hydrogens is 869 g/mol. The van der Waals surface area contributed by atoms with Gasteiger partial charge in [0.15, 0.2) is 10.1 Å². The van der Waals surface area contributed by atoms with Crippen LogP contribution in [0.5, 0.6) is 0 Å². The number of ketones is 8. The van der Waals surface area contributed by atoms with Crippen LogP contribution in [0.3, 0.4) is 0 Å². The Labute approximate surface area is 389 Å². The van der Waals surface area contributed by atoms with Gasteiger partial charge in [-0.3, -0.25) is 38.4 Å². The molecule has 0 spiro atoms. The van der Waals surface area contributed by atoms with E-state index in [0.29, 0.717) is 18.4 Å². The van der Waals surface area contributed by atoms with E-state index in [1.54, 1.807) is 71.5 Å². The molecule has 4 atom stereocenters. The summed E-state index contributed by atoms with van der Waals surface area (Å²) in [5.41, 5.74) is 15.6. The Bertz CT molecular complexity index is 2120. The van der Waals surface area contributed by atoms with Crippen LogP contribution in [-0.2, 0) is 51.2 Å². The molecule has 0 bridgehead atoms. The van der Waals surface area contributed by atoms with E-state index in [9.17, 15) is 58.6 Å². The van der Waals surface area contributed by atoms with Gasteiger partial charge in [-0.1, -0.05) is 92.3 Å². The van der Waals surface area contributed by atoms with Crippen molar-refractivity contribution in [2.75, 3.05) is 13.1 Å². The van der Waals surface area contributed by atoms with E-state index >= 15 is 0 Å². The van der Waals surface area contributed by atoms with E-state index in [1.165, 1.54) is 6.92 Å². The molecule has 0 amide bonds. The number of benzene rings is 2. The average Bonchev–Trinajstić information content (AvgIpc) is 3.21.